The largest absolute Gasteiger partial charge is 0.347 e. The van der Waals surface area contributed by atoms with Crippen LogP contribution in [0.5, 0.6) is 0 Å². The van der Waals surface area contributed by atoms with E-state index in [1.165, 1.54) is 18.2 Å². The Balaban J connectivity index is 2.01. The summed E-state index contributed by atoms with van der Waals surface area (Å²) in [5.74, 6) is -2.35. The molecule has 2 aromatic rings. The highest BCUT2D eigenvalue weighted by molar-refractivity contribution is 6.43. The van der Waals surface area contributed by atoms with Crippen LogP contribution >= 0.6 is 11.6 Å². The third-order valence-corrected chi connectivity index (χ3v) is 5.33. The van der Waals surface area contributed by atoms with Gasteiger partial charge in [0, 0.05) is 23.5 Å². The minimum atomic E-state index is -0.687. The van der Waals surface area contributed by atoms with E-state index in [1.807, 2.05) is 11.5 Å². The average molecular weight is 420 g/mol. The van der Waals surface area contributed by atoms with E-state index in [9.17, 15) is 18.8 Å². The van der Waals surface area contributed by atoms with E-state index in [0.29, 0.717) is 29.1 Å². The molecular formula is C21H23ClFN3O3. The maximum Gasteiger partial charge on any atom is 0.292 e. The van der Waals surface area contributed by atoms with Crippen LogP contribution in [0.4, 0.5) is 10.1 Å². The van der Waals surface area contributed by atoms with Gasteiger partial charge in [-0.25, -0.2) is 4.39 Å². The van der Waals surface area contributed by atoms with Crippen molar-refractivity contribution in [1.82, 2.24) is 9.88 Å². The first kappa shape index (κ1) is 21.0. The van der Waals surface area contributed by atoms with Crippen molar-refractivity contribution in [3.05, 3.63) is 51.6 Å². The fraction of sp³-hybridized carbons (Fsp3) is 0.381. The molecule has 0 unspecified atom stereocenters. The van der Waals surface area contributed by atoms with Crippen molar-refractivity contribution in [1.29, 1.82) is 0 Å². The molecule has 29 heavy (non-hydrogen) atoms. The molecule has 2 amide bonds. The number of nitrogens with zero attached hydrogens (tertiary/aromatic N) is 1. The first-order valence-electron chi connectivity index (χ1n) is 9.47. The first-order chi connectivity index (χ1) is 13.6. The second-order valence-electron chi connectivity index (χ2n) is 7.59. The van der Waals surface area contributed by atoms with Crippen molar-refractivity contribution in [2.24, 2.45) is 0 Å². The van der Waals surface area contributed by atoms with Crippen LogP contribution in [0.3, 0.4) is 0 Å². The molecule has 3 rings (SSSR count). The molecule has 1 atom stereocenters. The number of amides is 2. The summed E-state index contributed by atoms with van der Waals surface area (Å²) in [6, 6.07) is 3.74. The highest BCUT2D eigenvalue weighted by Gasteiger charge is 2.35. The summed E-state index contributed by atoms with van der Waals surface area (Å²) in [4.78, 5) is 38.2. The van der Waals surface area contributed by atoms with Crippen LogP contribution in [0.25, 0.3) is 0 Å². The highest BCUT2D eigenvalue weighted by Crippen LogP contribution is 2.36. The molecule has 2 heterocycles. The Morgan fingerprint density at radius 1 is 1.28 bits per heavy atom. The molecule has 1 aliphatic heterocycles. The molecule has 154 valence electrons. The number of benzene rings is 1. The Hall–Kier alpha value is -2.67. The number of rotatable bonds is 5. The van der Waals surface area contributed by atoms with Gasteiger partial charge in [-0.15, -0.1) is 0 Å². The number of fused-ring (bicyclic) bond motifs is 1. The van der Waals surface area contributed by atoms with Gasteiger partial charge in [-0.05, 0) is 64.3 Å². The van der Waals surface area contributed by atoms with Crippen molar-refractivity contribution in [3.8, 4) is 0 Å². The summed E-state index contributed by atoms with van der Waals surface area (Å²) in [6.07, 6.45) is 1.37. The van der Waals surface area contributed by atoms with E-state index in [2.05, 4.69) is 10.6 Å². The first-order valence-corrected chi connectivity index (χ1v) is 9.84. The smallest absolute Gasteiger partial charge is 0.292 e. The molecular weight excluding hydrogens is 397 g/mol. The van der Waals surface area contributed by atoms with Gasteiger partial charge in [-0.1, -0.05) is 11.6 Å². The summed E-state index contributed by atoms with van der Waals surface area (Å²) < 4.78 is 15.2. The number of nitrogens with one attached hydrogen (secondary N) is 2. The van der Waals surface area contributed by atoms with Gasteiger partial charge in [0.05, 0.1) is 10.6 Å². The minimum absolute atomic E-state index is 0.0102. The Morgan fingerprint density at radius 3 is 2.59 bits per heavy atom. The molecule has 1 aromatic heterocycles. The number of hydrogen-bond acceptors (Lipinski definition) is 3. The predicted octanol–water partition coefficient (Wildman–Crippen LogP) is 4.06. The van der Waals surface area contributed by atoms with Crippen LogP contribution in [-0.4, -0.2) is 28.2 Å². The number of hydrogen-bond donors (Lipinski definition) is 2. The number of carbonyl (C=O) groups excluding carboxylic acids is 3. The van der Waals surface area contributed by atoms with E-state index >= 15 is 0 Å². The van der Waals surface area contributed by atoms with Crippen LogP contribution in [0.1, 0.15) is 65.3 Å². The standard InChI is InChI=1S/C21H23ClFN3O3/c1-10(2)24-21(29)19(27)17-12(4)18(26-11(3)5-8-16(17)26)20(28)25-13-6-7-15(23)14(22)9-13/h6-7,9-11H,5,8H2,1-4H3,(H,24,29)(H,25,28)/t11-/m0/s1. The maximum absolute atomic E-state index is 13.4. The molecule has 1 aliphatic rings. The van der Waals surface area contributed by atoms with Crippen LogP contribution in [-0.2, 0) is 11.2 Å². The molecule has 0 fully saturated rings. The van der Waals surface area contributed by atoms with Gasteiger partial charge < -0.3 is 15.2 Å². The summed E-state index contributed by atoms with van der Waals surface area (Å²) in [5.41, 5.74) is 2.11. The van der Waals surface area contributed by atoms with Crippen LogP contribution in [0, 0.1) is 12.7 Å². The molecule has 6 nitrogen and oxygen atoms in total. The van der Waals surface area contributed by atoms with Crippen molar-refractivity contribution in [3.63, 3.8) is 0 Å². The van der Waals surface area contributed by atoms with Gasteiger partial charge in [-0.3, -0.25) is 14.4 Å². The molecule has 0 saturated carbocycles. The number of carbonyl (C=O) groups is 3. The van der Waals surface area contributed by atoms with Crippen LogP contribution < -0.4 is 10.6 Å². The summed E-state index contributed by atoms with van der Waals surface area (Å²) in [6.45, 7) is 7.18. The lowest BCUT2D eigenvalue weighted by Gasteiger charge is -2.13. The number of halogens is 2. The lowest BCUT2D eigenvalue weighted by atomic mass is 10.0. The van der Waals surface area contributed by atoms with Gasteiger partial charge in [0.1, 0.15) is 11.5 Å². The summed E-state index contributed by atoms with van der Waals surface area (Å²) in [5, 5.41) is 5.22. The van der Waals surface area contributed by atoms with E-state index in [0.717, 1.165) is 6.42 Å². The number of Topliss-reactive ketones (excluding diaryl/α,β-unsaturated/α-hetero) is 1. The van der Waals surface area contributed by atoms with Gasteiger partial charge in [0.15, 0.2) is 0 Å². The van der Waals surface area contributed by atoms with Gasteiger partial charge in [0.2, 0.25) is 0 Å². The summed E-state index contributed by atoms with van der Waals surface area (Å²) in [7, 11) is 0. The Kier molecular flexibility index (Phi) is 5.80. The monoisotopic (exact) mass is 419 g/mol. The molecule has 0 aliphatic carbocycles. The Morgan fingerprint density at radius 2 is 1.97 bits per heavy atom. The molecule has 0 bridgehead atoms. The molecule has 2 N–H and O–H groups in total. The Bertz CT molecular complexity index is 1010. The van der Waals surface area contributed by atoms with Crippen LogP contribution in [0.15, 0.2) is 18.2 Å². The zero-order valence-electron chi connectivity index (χ0n) is 16.7. The molecule has 8 heteroatoms. The zero-order valence-corrected chi connectivity index (χ0v) is 17.5. The lowest BCUT2D eigenvalue weighted by molar-refractivity contribution is -0.117. The van der Waals surface area contributed by atoms with Gasteiger partial charge in [0.25, 0.3) is 17.6 Å². The quantitative estimate of drug-likeness (QED) is 0.566. The number of ketones is 1. The van der Waals surface area contributed by atoms with Crippen molar-refractivity contribution < 1.29 is 18.8 Å². The average Bonchev–Trinajstić information content (AvgIpc) is 3.13. The molecule has 0 saturated heterocycles. The van der Waals surface area contributed by atoms with E-state index in [4.69, 9.17) is 11.6 Å². The third-order valence-electron chi connectivity index (χ3n) is 5.04. The fourth-order valence-electron chi connectivity index (χ4n) is 3.76. The van der Waals surface area contributed by atoms with Gasteiger partial charge in [-0.2, -0.15) is 0 Å². The fourth-order valence-corrected chi connectivity index (χ4v) is 3.94. The number of aromatic nitrogens is 1. The molecule has 1 aromatic carbocycles. The van der Waals surface area contributed by atoms with Crippen LogP contribution in [0.2, 0.25) is 5.02 Å². The Labute approximate surface area is 173 Å². The minimum Gasteiger partial charge on any atom is -0.347 e. The lowest BCUT2D eigenvalue weighted by Crippen LogP contribution is -2.36. The number of anilines is 1. The van der Waals surface area contributed by atoms with E-state index in [-0.39, 0.29) is 22.7 Å². The second-order valence-corrected chi connectivity index (χ2v) is 8.00. The topological polar surface area (TPSA) is 80.2 Å². The SMILES string of the molecule is Cc1c(C(=O)C(=O)NC(C)C)c2n(c1C(=O)Nc1ccc(F)c(Cl)c1)[C@@H](C)CC2. The molecule has 0 radical (unpaired) electrons. The molecule has 0 spiro atoms. The zero-order chi connectivity index (χ0) is 21.5. The second kappa shape index (κ2) is 7.99. The third kappa shape index (κ3) is 3.92. The van der Waals surface area contributed by atoms with Crippen molar-refractivity contribution >= 4 is 34.9 Å². The van der Waals surface area contributed by atoms with Crippen molar-refractivity contribution in [2.45, 2.75) is 52.6 Å². The van der Waals surface area contributed by atoms with E-state index < -0.39 is 23.4 Å². The normalized spacial score (nSPS) is 15.3. The summed E-state index contributed by atoms with van der Waals surface area (Å²) >= 11 is 5.79. The highest BCUT2D eigenvalue weighted by atomic mass is 35.5. The predicted molar refractivity (Wildman–Crippen MR) is 109 cm³/mol. The van der Waals surface area contributed by atoms with Crippen molar-refractivity contribution in [2.75, 3.05) is 5.32 Å². The van der Waals surface area contributed by atoms with Gasteiger partial charge >= 0.3 is 0 Å². The van der Waals surface area contributed by atoms with E-state index in [1.54, 1.807) is 20.8 Å². The maximum atomic E-state index is 13.4.